The Morgan fingerprint density at radius 2 is 1.74 bits per heavy atom. The van der Waals surface area contributed by atoms with Crippen LogP contribution in [-0.4, -0.2) is 79.6 Å². The quantitative estimate of drug-likeness (QED) is 0.386. The smallest absolute Gasteiger partial charge is 0.490 e. The molecule has 0 aliphatic carbocycles. The number of carboxylic acids is 1. The fourth-order valence-corrected chi connectivity index (χ4v) is 4.22. The first kappa shape index (κ1) is 27.9. The number of fused-ring (bicyclic) bond motifs is 1. The number of ether oxygens (including phenoxy) is 1. The first-order valence-electron chi connectivity index (χ1n) is 12.3. The van der Waals surface area contributed by atoms with E-state index in [2.05, 4.69) is 56.5 Å². The minimum atomic E-state index is -5.08. The summed E-state index contributed by atoms with van der Waals surface area (Å²) in [5, 5.41) is 11.6. The number of hydrogen-bond donors (Lipinski definition) is 1. The van der Waals surface area contributed by atoms with Gasteiger partial charge in [0.1, 0.15) is 5.75 Å². The largest absolute Gasteiger partial charge is 0.497 e. The summed E-state index contributed by atoms with van der Waals surface area (Å²) in [6.45, 7) is 9.07. The summed E-state index contributed by atoms with van der Waals surface area (Å²) in [7, 11) is 1.68. The third-order valence-electron chi connectivity index (χ3n) is 6.30. The highest BCUT2D eigenvalue weighted by Gasteiger charge is 2.38. The van der Waals surface area contributed by atoms with Crippen molar-refractivity contribution in [1.82, 2.24) is 29.0 Å². The van der Waals surface area contributed by atoms with Gasteiger partial charge in [0.25, 0.3) is 0 Å². The van der Waals surface area contributed by atoms with E-state index in [1.165, 1.54) is 5.56 Å². The van der Waals surface area contributed by atoms with Crippen molar-refractivity contribution in [3.63, 3.8) is 0 Å². The fraction of sp³-hybridized carbons (Fsp3) is 0.385. The molecule has 13 heteroatoms. The van der Waals surface area contributed by atoms with Crippen LogP contribution in [0.25, 0.3) is 16.9 Å². The van der Waals surface area contributed by atoms with E-state index in [4.69, 9.17) is 19.6 Å². The summed E-state index contributed by atoms with van der Waals surface area (Å²) in [5.41, 5.74) is 4.31. The molecule has 0 bridgehead atoms. The summed E-state index contributed by atoms with van der Waals surface area (Å²) in [4.78, 5) is 23.1. The van der Waals surface area contributed by atoms with Crippen molar-refractivity contribution in [3.8, 4) is 17.0 Å². The third-order valence-corrected chi connectivity index (χ3v) is 6.30. The molecule has 4 aromatic rings. The van der Waals surface area contributed by atoms with Gasteiger partial charge in [-0.05, 0) is 38.1 Å². The number of piperazine rings is 1. The Kier molecular flexibility index (Phi) is 8.38. The Hall–Kier alpha value is -4.13. The number of carboxylic acid groups (broad SMARTS) is 1. The maximum atomic E-state index is 10.6. The van der Waals surface area contributed by atoms with Crippen molar-refractivity contribution in [2.75, 3.05) is 38.2 Å². The number of alkyl halides is 3. The van der Waals surface area contributed by atoms with Gasteiger partial charge in [-0.15, -0.1) is 0 Å². The summed E-state index contributed by atoms with van der Waals surface area (Å²) in [6.07, 6.45) is 4.83. The fourth-order valence-electron chi connectivity index (χ4n) is 4.22. The Balaban J connectivity index is 0.000000448. The average molecular weight is 546 g/mol. The molecular weight excluding hydrogens is 515 g/mol. The van der Waals surface area contributed by atoms with Gasteiger partial charge in [-0.3, -0.25) is 14.0 Å². The van der Waals surface area contributed by atoms with E-state index in [9.17, 15) is 13.2 Å². The molecular formula is C26H30F3N7O3. The van der Waals surface area contributed by atoms with Gasteiger partial charge in [0, 0.05) is 68.5 Å². The first-order chi connectivity index (χ1) is 18.6. The van der Waals surface area contributed by atoms with E-state index in [1.807, 2.05) is 41.6 Å². The zero-order chi connectivity index (χ0) is 28.2. The van der Waals surface area contributed by atoms with Crippen molar-refractivity contribution >= 4 is 17.4 Å². The van der Waals surface area contributed by atoms with E-state index >= 15 is 0 Å². The summed E-state index contributed by atoms with van der Waals surface area (Å²) >= 11 is 0. The molecule has 5 rings (SSSR count). The minimum Gasteiger partial charge on any atom is -0.497 e. The lowest BCUT2D eigenvalue weighted by Gasteiger charge is -2.35. The van der Waals surface area contributed by atoms with Crippen LogP contribution in [0, 0.1) is 0 Å². The van der Waals surface area contributed by atoms with Crippen LogP contribution in [0.1, 0.15) is 25.5 Å². The predicted octanol–water partition coefficient (Wildman–Crippen LogP) is 4.14. The zero-order valence-corrected chi connectivity index (χ0v) is 21.8. The van der Waals surface area contributed by atoms with Crippen LogP contribution >= 0.6 is 0 Å². The van der Waals surface area contributed by atoms with Crippen LogP contribution in [0.15, 0.2) is 55.2 Å². The molecule has 3 aromatic heterocycles. The minimum absolute atomic E-state index is 0.393. The van der Waals surface area contributed by atoms with Crippen LogP contribution in [-0.2, 0) is 11.3 Å². The maximum Gasteiger partial charge on any atom is 0.490 e. The Labute approximate surface area is 223 Å². The van der Waals surface area contributed by atoms with Crippen LogP contribution < -0.4 is 9.64 Å². The second kappa shape index (κ2) is 11.7. The van der Waals surface area contributed by atoms with E-state index in [0.717, 1.165) is 61.2 Å². The second-order valence-corrected chi connectivity index (χ2v) is 9.30. The van der Waals surface area contributed by atoms with Gasteiger partial charge in [0.05, 0.1) is 25.2 Å². The monoisotopic (exact) mass is 545 g/mol. The van der Waals surface area contributed by atoms with E-state index in [-0.39, 0.29) is 0 Å². The number of anilines is 1. The molecule has 1 N–H and O–H groups in total. The van der Waals surface area contributed by atoms with Crippen molar-refractivity contribution in [2.24, 2.45) is 0 Å². The molecule has 10 nitrogen and oxygen atoms in total. The zero-order valence-electron chi connectivity index (χ0n) is 21.8. The van der Waals surface area contributed by atoms with Crippen molar-refractivity contribution in [1.29, 1.82) is 0 Å². The molecule has 1 aliphatic heterocycles. The standard InChI is InChI=1S/C24H29N7O.C2HF3O2/c1-18(2)31-17-19(14-27-31)16-28-10-12-29(13-11-28)23-24-26-15-22(30(24)9-8-25-23)20-4-6-21(32-3)7-5-20;3-2(4,5)1(6)7/h4-9,14-15,17-18H,10-13,16H2,1-3H3;(H,6,7). The number of benzene rings is 1. The lowest BCUT2D eigenvalue weighted by atomic mass is 10.1. The predicted molar refractivity (Wildman–Crippen MR) is 139 cm³/mol. The van der Waals surface area contributed by atoms with Gasteiger partial charge in [0.2, 0.25) is 0 Å². The molecule has 0 amide bonds. The summed E-state index contributed by atoms with van der Waals surface area (Å²) < 4.78 is 41.2. The van der Waals surface area contributed by atoms with Crippen LogP contribution in [0.2, 0.25) is 0 Å². The van der Waals surface area contributed by atoms with Crippen LogP contribution in [0.5, 0.6) is 5.75 Å². The number of carbonyl (C=O) groups is 1. The van der Waals surface area contributed by atoms with E-state index in [1.54, 1.807) is 7.11 Å². The van der Waals surface area contributed by atoms with E-state index < -0.39 is 12.1 Å². The summed E-state index contributed by atoms with van der Waals surface area (Å²) in [6, 6.07) is 8.46. The third kappa shape index (κ3) is 6.66. The number of nitrogens with zero attached hydrogens (tertiary/aromatic N) is 7. The highest BCUT2D eigenvalue weighted by atomic mass is 19.4. The van der Waals surface area contributed by atoms with Gasteiger partial charge in [-0.2, -0.15) is 18.3 Å². The molecule has 4 heterocycles. The lowest BCUT2D eigenvalue weighted by molar-refractivity contribution is -0.192. The second-order valence-electron chi connectivity index (χ2n) is 9.30. The molecule has 1 aliphatic rings. The molecule has 1 fully saturated rings. The SMILES string of the molecule is COc1ccc(-c2cnc3c(N4CCN(Cc5cnn(C(C)C)c5)CC4)nccn23)cc1.O=C(O)C(F)(F)F. The number of halogens is 3. The van der Waals surface area contributed by atoms with Crippen LogP contribution in [0.3, 0.4) is 0 Å². The number of imidazole rings is 1. The molecule has 0 radical (unpaired) electrons. The topological polar surface area (TPSA) is 101 Å². The molecule has 0 atom stereocenters. The van der Waals surface area contributed by atoms with Crippen molar-refractivity contribution in [3.05, 3.63) is 60.8 Å². The van der Waals surface area contributed by atoms with Gasteiger partial charge in [-0.25, -0.2) is 14.8 Å². The molecule has 39 heavy (non-hydrogen) atoms. The average Bonchev–Trinajstić information content (AvgIpc) is 3.57. The number of methoxy groups -OCH3 is 1. The highest BCUT2D eigenvalue weighted by molar-refractivity contribution is 5.73. The first-order valence-corrected chi connectivity index (χ1v) is 12.3. The molecule has 0 spiro atoms. The number of aliphatic carboxylic acids is 1. The Morgan fingerprint density at radius 3 is 2.31 bits per heavy atom. The van der Waals surface area contributed by atoms with Crippen molar-refractivity contribution in [2.45, 2.75) is 32.6 Å². The normalized spacial score (nSPS) is 14.4. The number of hydrogen-bond acceptors (Lipinski definition) is 7. The highest BCUT2D eigenvalue weighted by Crippen LogP contribution is 2.27. The molecule has 208 valence electrons. The van der Waals surface area contributed by atoms with Gasteiger partial charge >= 0.3 is 12.1 Å². The Bertz CT molecular complexity index is 1390. The van der Waals surface area contributed by atoms with Gasteiger partial charge < -0.3 is 14.7 Å². The summed E-state index contributed by atoms with van der Waals surface area (Å²) in [5.74, 6) is -0.966. The lowest BCUT2D eigenvalue weighted by Crippen LogP contribution is -2.46. The molecule has 0 saturated carbocycles. The molecule has 1 saturated heterocycles. The maximum absolute atomic E-state index is 10.6. The van der Waals surface area contributed by atoms with E-state index in [0.29, 0.717) is 6.04 Å². The Morgan fingerprint density at radius 1 is 1.08 bits per heavy atom. The van der Waals surface area contributed by atoms with Crippen LogP contribution in [0.4, 0.5) is 19.0 Å². The van der Waals surface area contributed by atoms with Crippen molar-refractivity contribution < 1.29 is 27.8 Å². The number of aromatic nitrogens is 5. The number of rotatable bonds is 6. The van der Waals surface area contributed by atoms with Gasteiger partial charge in [0.15, 0.2) is 11.5 Å². The molecule has 1 aromatic carbocycles. The molecule has 0 unspecified atom stereocenters. The van der Waals surface area contributed by atoms with Gasteiger partial charge in [-0.1, -0.05) is 0 Å².